The summed E-state index contributed by atoms with van der Waals surface area (Å²) in [6, 6.07) is 9.47. The van der Waals surface area contributed by atoms with Crippen LogP contribution in [0.25, 0.3) is 0 Å². The Balaban J connectivity index is 1.81. The van der Waals surface area contributed by atoms with E-state index in [1.165, 1.54) is 11.8 Å². The zero-order valence-electron chi connectivity index (χ0n) is 12.9. The van der Waals surface area contributed by atoms with Gasteiger partial charge in [-0.05, 0) is 5.56 Å². The van der Waals surface area contributed by atoms with Crippen LogP contribution in [-0.4, -0.2) is 47.0 Å². The Morgan fingerprint density at radius 3 is 2.61 bits per heavy atom. The zero-order chi connectivity index (χ0) is 16.2. The molecule has 8 heteroatoms. The quantitative estimate of drug-likeness (QED) is 0.821. The molecule has 0 radical (unpaired) electrons. The fourth-order valence-electron chi connectivity index (χ4n) is 2.47. The van der Waals surface area contributed by atoms with Gasteiger partial charge < -0.3 is 15.4 Å². The van der Waals surface area contributed by atoms with Crippen LogP contribution in [-0.2, 0) is 16.6 Å². The molecule has 1 unspecified atom stereocenters. The fourth-order valence-corrected chi connectivity index (χ4v) is 3.42. The molecule has 7 nitrogen and oxygen atoms in total. The average molecular weight is 333 g/mol. The lowest BCUT2D eigenvalue weighted by Crippen LogP contribution is -2.37. The number of anilines is 1. The minimum absolute atomic E-state index is 0.392. The first-order chi connectivity index (χ1) is 11.2. The number of ether oxygens (including phenoxy) is 1. The fraction of sp³-hybridized carbons (Fsp3) is 0.400. The average Bonchev–Trinajstić information content (AvgIpc) is 2.94. The first-order valence-corrected chi connectivity index (χ1v) is 8.28. The van der Waals surface area contributed by atoms with Crippen molar-refractivity contribution in [3.63, 3.8) is 0 Å². The van der Waals surface area contributed by atoms with E-state index in [0.717, 1.165) is 24.6 Å². The molecule has 1 aliphatic heterocycles. The lowest BCUT2D eigenvalue weighted by molar-refractivity contribution is -0.117. The third-order valence-corrected chi connectivity index (χ3v) is 5.00. The molecule has 0 spiro atoms. The van der Waals surface area contributed by atoms with Crippen LogP contribution < -0.4 is 10.6 Å². The van der Waals surface area contributed by atoms with E-state index in [9.17, 15) is 4.79 Å². The normalized spacial score (nSPS) is 16.3. The lowest BCUT2D eigenvalue weighted by Gasteiger charge is -2.27. The van der Waals surface area contributed by atoms with Gasteiger partial charge in [0.1, 0.15) is 5.25 Å². The Kier molecular flexibility index (Phi) is 4.82. The molecule has 122 valence electrons. The van der Waals surface area contributed by atoms with Crippen molar-refractivity contribution < 1.29 is 9.53 Å². The minimum Gasteiger partial charge on any atom is -0.378 e. The molecule has 1 atom stereocenters. The van der Waals surface area contributed by atoms with Gasteiger partial charge in [-0.2, -0.15) is 0 Å². The monoisotopic (exact) mass is 333 g/mol. The molecule has 2 N–H and O–H groups in total. The van der Waals surface area contributed by atoms with Crippen LogP contribution in [0.1, 0.15) is 10.8 Å². The number of nitrogens with two attached hydrogens (primary N) is 1. The van der Waals surface area contributed by atoms with Gasteiger partial charge in [0, 0.05) is 20.1 Å². The van der Waals surface area contributed by atoms with Crippen molar-refractivity contribution >= 4 is 23.6 Å². The number of rotatable bonds is 5. The number of carbonyl (C=O) groups is 1. The Labute approximate surface area is 138 Å². The highest BCUT2D eigenvalue weighted by Crippen LogP contribution is 2.34. The summed E-state index contributed by atoms with van der Waals surface area (Å²) in [7, 11) is 1.90. The van der Waals surface area contributed by atoms with Gasteiger partial charge in [0.2, 0.25) is 11.9 Å². The number of benzene rings is 1. The molecule has 0 bridgehead atoms. The maximum Gasteiger partial charge on any atom is 0.235 e. The maximum absolute atomic E-state index is 11.8. The van der Waals surface area contributed by atoms with E-state index in [4.69, 9.17) is 10.5 Å². The Morgan fingerprint density at radius 2 is 1.96 bits per heavy atom. The number of nitrogens with zero attached hydrogens (tertiary/aromatic N) is 4. The number of hydrogen-bond acceptors (Lipinski definition) is 6. The molecule has 1 saturated heterocycles. The molecule has 2 heterocycles. The molecule has 1 fully saturated rings. The van der Waals surface area contributed by atoms with Gasteiger partial charge in [-0.1, -0.05) is 42.1 Å². The van der Waals surface area contributed by atoms with Crippen LogP contribution in [0.15, 0.2) is 35.5 Å². The SMILES string of the molecule is Cn1c(SC(C(N)=O)c2ccccc2)nnc1N1CCOCC1. The van der Waals surface area contributed by atoms with Gasteiger partial charge in [-0.25, -0.2) is 0 Å². The van der Waals surface area contributed by atoms with E-state index in [1.54, 1.807) is 0 Å². The van der Waals surface area contributed by atoms with E-state index in [2.05, 4.69) is 15.1 Å². The molecular formula is C15H19N5O2S. The predicted molar refractivity (Wildman–Crippen MR) is 88.3 cm³/mol. The van der Waals surface area contributed by atoms with Gasteiger partial charge in [0.05, 0.1) is 13.2 Å². The minimum atomic E-state index is -0.489. The number of carbonyl (C=O) groups excluding carboxylic acids is 1. The van der Waals surface area contributed by atoms with E-state index in [-0.39, 0.29) is 0 Å². The van der Waals surface area contributed by atoms with Crippen LogP contribution in [0.2, 0.25) is 0 Å². The van der Waals surface area contributed by atoms with Crippen LogP contribution in [0.5, 0.6) is 0 Å². The van der Waals surface area contributed by atoms with Crippen molar-refractivity contribution in [2.24, 2.45) is 12.8 Å². The van der Waals surface area contributed by atoms with Gasteiger partial charge in [0.15, 0.2) is 5.16 Å². The van der Waals surface area contributed by atoms with E-state index in [0.29, 0.717) is 18.4 Å². The summed E-state index contributed by atoms with van der Waals surface area (Å²) in [5.41, 5.74) is 6.43. The topological polar surface area (TPSA) is 86.3 Å². The Morgan fingerprint density at radius 1 is 1.26 bits per heavy atom. The molecule has 2 aromatic rings. The second kappa shape index (κ2) is 7.01. The number of morpholine rings is 1. The molecule has 23 heavy (non-hydrogen) atoms. The summed E-state index contributed by atoms with van der Waals surface area (Å²) >= 11 is 1.32. The molecule has 1 aliphatic rings. The Bertz CT molecular complexity index is 670. The summed E-state index contributed by atoms with van der Waals surface area (Å²) in [6.45, 7) is 2.94. The Hall–Kier alpha value is -2.06. The van der Waals surface area contributed by atoms with Gasteiger partial charge in [-0.3, -0.25) is 9.36 Å². The van der Waals surface area contributed by atoms with Crippen molar-refractivity contribution in [2.45, 2.75) is 10.4 Å². The number of primary amides is 1. The second-order valence-electron chi connectivity index (χ2n) is 5.25. The molecule has 1 aromatic heterocycles. The van der Waals surface area contributed by atoms with Crippen LogP contribution in [0, 0.1) is 0 Å². The summed E-state index contributed by atoms with van der Waals surface area (Å²) in [5.74, 6) is 0.393. The lowest BCUT2D eigenvalue weighted by atomic mass is 10.1. The second-order valence-corrected chi connectivity index (χ2v) is 6.32. The van der Waals surface area contributed by atoms with Crippen molar-refractivity contribution in [1.29, 1.82) is 0 Å². The van der Waals surface area contributed by atoms with Crippen molar-refractivity contribution in [1.82, 2.24) is 14.8 Å². The number of aromatic nitrogens is 3. The molecule has 3 rings (SSSR count). The molecule has 0 aliphatic carbocycles. The third kappa shape index (κ3) is 3.48. The van der Waals surface area contributed by atoms with E-state index >= 15 is 0 Å². The molecule has 1 aromatic carbocycles. The first-order valence-electron chi connectivity index (χ1n) is 7.40. The van der Waals surface area contributed by atoms with E-state index in [1.807, 2.05) is 41.9 Å². The van der Waals surface area contributed by atoms with Gasteiger partial charge in [-0.15, -0.1) is 10.2 Å². The van der Waals surface area contributed by atoms with Crippen LogP contribution in [0.3, 0.4) is 0 Å². The van der Waals surface area contributed by atoms with Crippen molar-refractivity contribution in [3.05, 3.63) is 35.9 Å². The van der Waals surface area contributed by atoms with Gasteiger partial charge >= 0.3 is 0 Å². The van der Waals surface area contributed by atoms with Crippen molar-refractivity contribution in [3.8, 4) is 0 Å². The van der Waals surface area contributed by atoms with Crippen LogP contribution in [0.4, 0.5) is 5.95 Å². The number of amides is 1. The first kappa shape index (κ1) is 15.8. The summed E-state index contributed by atoms with van der Waals surface area (Å²) in [5, 5.41) is 8.66. The van der Waals surface area contributed by atoms with E-state index < -0.39 is 11.2 Å². The highest BCUT2D eigenvalue weighted by Gasteiger charge is 2.24. The predicted octanol–water partition coefficient (Wildman–Crippen LogP) is 0.970. The smallest absolute Gasteiger partial charge is 0.235 e. The third-order valence-electron chi connectivity index (χ3n) is 3.69. The number of thioether (sulfide) groups is 1. The van der Waals surface area contributed by atoms with Gasteiger partial charge in [0.25, 0.3) is 0 Å². The molecule has 1 amide bonds. The summed E-state index contributed by atoms with van der Waals surface area (Å²) in [6.07, 6.45) is 0. The number of hydrogen-bond donors (Lipinski definition) is 1. The summed E-state index contributed by atoms with van der Waals surface area (Å²) < 4.78 is 7.25. The highest BCUT2D eigenvalue weighted by atomic mass is 32.2. The molecule has 0 saturated carbocycles. The maximum atomic E-state index is 11.8. The highest BCUT2D eigenvalue weighted by molar-refractivity contribution is 8.00. The summed E-state index contributed by atoms with van der Waals surface area (Å²) in [4.78, 5) is 14.0. The zero-order valence-corrected chi connectivity index (χ0v) is 13.7. The standard InChI is InChI=1S/C15H19N5O2S/c1-19-14(20-7-9-22-10-8-20)17-18-15(19)23-12(13(16)21)11-5-3-2-4-6-11/h2-6,12H,7-10H2,1H3,(H2,16,21). The molecular weight excluding hydrogens is 314 g/mol. The van der Waals surface area contributed by atoms with Crippen molar-refractivity contribution in [2.75, 3.05) is 31.2 Å². The largest absolute Gasteiger partial charge is 0.378 e. The van der Waals surface area contributed by atoms with Crippen LogP contribution >= 0.6 is 11.8 Å².